The van der Waals surface area contributed by atoms with Crippen molar-refractivity contribution in [1.82, 2.24) is 5.32 Å². The highest BCUT2D eigenvalue weighted by Gasteiger charge is 2.19. The van der Waals surface area contributed by atoms with Gasteiger partial charge in [-0.15, -0.1) is 0 Å². The third kappa shape index (κ3) is 2.41. The molecule has 0 unspecified atom stereocenters. The van der Waals surface area contributed by atoms with E-state index in [9.17, 15) is 8.78 Å². The van der Waals surface area contributed by atoms with Crippen LogP contribution in [0.4, 0.5) is 8.78 Å². The second kappa shape index (κ2) is 5.65. The first-order valence-corrected chi connectivity index (χ1v) is 4.89. The standard InChI is InChI=1S/C11H15F2NO2/c1-14-5-4-7-6-8(15-2)10(13)11(16-3)9(7)12/h6,14H,4-5H2,1-3H3. The van der Waals surface area contributed by atoms with Gasteiger partial charge in [0, 0.05) is 0 Å². The van der Waals surface area contributed by atoms with E-state index in [1.807, 2.05) is 0 Å². The number of benzene rings is 1. The lowest BCUT2D eigenvalue weighted by molar-refractivity contribution is 0.331. The predicted molar refractivity (Wildman–Crippen MR) is 57.1 cm³/mol. The summed E-state index contributed by atoms with van der Waals surface area (Å²) in [6.07, 6.45) is 0.440. The van der Waals surface area contributed by atoms with Crippen molar-refractivity contribution in [2.45, 2.75) is 6.42 Å². The molecule has 16 heavy (non-hydrogen) atoms. The fraction of sp³-hybridized carbons (Fsp3) is 0.455. The second-order valence-corrected chi connectivity index (χ2v) is 3.25. The third-order valence-electron chi connectivity index (χ3n) is 2.27. The zero-order chi connectivity index (χ0) is 12.1. The van der Waals surface area contributed by atoms with Gasteiger partial charge < -0.3 is 14.8 Å². The summed E-state index contributed by atoms with van der Waals surface area (Å²) in [4.78, 5) is 0. The summed E-state index contributed by atoms with van der Waals surface area (Å²) in [5.74, 6) is -1.89. The summed E-state index contributed by atoms with van der Waals surface area (Å²) >= 11 is 0. The number of methoxy groups -OCH3 is 2. The van der Waals surface area contributed by atoms with E-state index in [4.69, 9.17) is 4.74 Å². The molecule has 0 saturated carbocycles. The Hall–Kier alpha value is -1.36. The molecule has 90 valence electrons. The highest BCUT2D eigenvalue weighted by atomic mass is 19.1. The normalized spacial score (nSPS) is 10.3. The first-order valence-electron chi connectivity index (χ1n) is 4.89. The summed E-state index contributed by atoms with van der Waals surface area (Å²) in [5, 5.41) is 2.89. The van der Waals surface area contributed by atoms with E-state index in [-0.39, 0.29) is 5.75 Å². The number of hydrogen-bond acceptors (Lipinski definition) is 3. The topological polar surface area (TPSA) is 30.5 Å². The summed E-state index contributed by atoms with van der Waals surface area (Å²) in [5.41, 5.74) is 0.365. The molecule has 1 rings (SSSR count). The monoisotopic (exact) mass is 231 g/mol. The molecular weight excluding hydrogens is 216 g/mol. The average molecular weight is 231 g/mol. The van der Waals surface area contributed by atoms with E-state index in [0.29, 0.717) is 18.5 Å². The van der Waals surface area contributed by atoms with Crippen molar-refractivity contribution in [3.63, 3.8) is 0 Å². The maximum absolute atomic E-state index is 13.7. The summed E-state index contributed by atoms with van der Waals surface area (Å²) < 4.78 is 36.8. The first-order chi connectivity index (χ1) is 7.65. The van der Waals surface area contributed by atoms with Gasteiger partial charge in [0.2, 0.25) is 5.82 Å². The van der Waals surface area contributed by atoms with Gasteiger partial charge in [-0.05, 0) is 31.6 Å². The SMILES string of the molecule is CNCCc1cc(OC)c(F)c(OC)c1F. The number of rotatable bonds is 5. The number of likely N-dealkylation sites (N-methyl/N-ethyl adjacent to an activating group) is 1. The van der Waals surface area contributed by atoms with Gasteiger partial charge in [-0.2, -0.15) is 4.39 Å². The van der Waals surface area contributed by atoms with Crippen molar-refractivity contribution in [1.29, 1.82) is 0 Å². The molecule has 1 aromatic rings. The summed E-state index contributed by atoms with van der Waals surface area (Å²) in [7, 11) is 4.32. The number of halogens is 2. The maximum Gasteiger partial charge on any atom is 0.209 e. The highest BCUT2D eigenvalue weighted by molar-refractivity contribution is 5.42. The number of nitrogens with one attached hydrogen (secondary N) is 1. The number of ether oxygens (including phenoxy) is 2. The Kier molecular flexibility index (Phi) is 4.49. The molecule has 0 heterocycles. The Morgan fingerprint density at radius 3 is 2.38 bits per heavy atom. The van der Waals surface area contributed by atoms with Gasteiger partial charge in [-0.3, -0.25) is 0 Å². The Bertz CT molecular complexity index is 369. The minimum absolute atomic E-state index is 0.00986. The maximum atomic E-state index is 13.7. The second-order valence-electron chi connectivity index (χ2n) is 3.25. The van der Waals surface area contributed by atoms with Crippen LogP contribution in [0, 0.1) is 11.6 Å². The lowest BCUT2D eigenvalue weighted by atomic mass is 10.1. The molecule has 0 saturated heterocycles. The van der Waals surface area contributed by atoms with E-state index >= 15 is 0 Å². The first kappa shape index (κ1) is 12.7. The molecule has 3 nitrogen and oxygen atoms in total. The Labute approximate surface area is 93.4 Å². The minimum atomic E-state index is -0.810. The third-order valence-corrected chi connectivity index (χ3v) is 2.27. The molecule has 0 aliphatic carbocycles. The molecule has 0 atom stereocenters. The minimum Gasteiger partial charge on any atom is -0.494 e. The van der Waals surface area contributed by atoms with E-state index in [1.54, 1.807) is 7.05 Å². The zero-order valence-corrected chi connectivity index (χ0v) is 9.56. The van der Waals surface area contributed by atoms with Gasteiger partial charge in [0.25, 0.3) is 0 Å². The fourth-order valence-corrected chi connectivity index (χ4v) is 1.41. The van der Waals surface area contributed by atoms with Crippen LogP contribution in [-0.4, -0.2) is 27.8 Å². The van der Waals surface area contributed by atoms with Crippen molar-refractivity contribution in [2.24, 2.45) is 0 Å². The van der Waals surface area contributed by atoms with Crippen molar-refractivity contribution >= 4 is 0 Å². The van der Waals surface area contributed by atoms with Crippen LogP contribution >= 0.6 is 0 Å². The Morgan fingerprint density at radius 2 is 1.88 bits per heavy atom. The quantitative estimate of drug-likeness (QED) is 0.837. The van der Waals surface area contributed by atoms with Crippen molar-refractivity contribution in [3.8, 4) is 11.5 Å². The molecule has 0 aliphatic heterocycles. The molecule has 1 N–H and O–H groups in total. The molecular formula is C11H15F2NO2. The van der Waals surface area contributed by atoms with Crippen LogP contribution in [0.3, 0.4) is 0 Å². The van der Waals surface area contributed by atoms with Gasteiger partial charge in [0.1, 0.15) is 0 Å². The Balaban J connectivity index is 3.18. The molecule has 0 spiro atoms. The molecule has 0 radical (unpaired) electrons. The van der Waals surface area contributed by atoms with Crippen LogP contribution < -0.4 is 14.8 Å². The Morgan fingerprint density at radius 1 is 1.19 bits per heavy atom. The van der Waals surface area contributed by atoms with Gasteiger partial charge in [0.05, 0.1) is 14.2 Å². The largest absolute Gasteiger partial charge is 0.494 e. The predicted octanol–water partition coefficient (Wildman–Crippen LogP) is 1.74. The molecule has 0 fully saturated rings. The zero-order valence-electron chi connectivity index (χ0n) is 9.56. The smallest absolute Gasteiger partial charge is 0.209 e. The fourth-order valence-electron chi connectivity index (χ4n) is 1.41. The number of hydrogen-bond donors (Lipinski definition) is 1. The van der Waals surface area contributed by atoms with E-state index in [1.165, 1.54) is 20.3 Å². The van der Waals surface area contributed by atoms with Gasteiger partial charge >= 0.3 is 0 Å². The molecule has 0 amide bonds. The van der Waals surface area contributed by atoms with Crippen LogP contribution in [-0.2, 0) is 6.42 Å². The van der Waals surface area contributed by atoms with Gasteiger partial charge in [-0.1, -0.05) is 0 Å². The van der Waals surface area contributed by atoms with Gasteiger partial charge in [-0.25, -0.2) is 4.39 Å². The molecule has 5 heteroatoms. The average Bonchev–Trinajstić information content (AvgIpc) is 2.29. The molecule has 0 aliphatic rings. The molecule has 1 aromatic carbocycles. The van der Waals surface area contributed by atoms with E-state index in [2.05, 4.69) is 10.1 Å². The van der Waals surface area contributed by atoms with Crippen LogP contribution in [0.25, 0.3) is 0 Å². The van der Waals surface area contributed by atoms with Crippen LogP contribution in [0.1, 0.15) is 5.56 Å². The molecule has 0 aromatic heterocycles. The summed E-state index contributed by atoms with van der Waals surface area (Å²) in [6.45, 7) is 0.592. The van der Waals surface area contributed by atoms with Crippen molar-refractivity contribution in [3.05, 3.63) is 23.3 Å². The lowest BCUT2D eigenvalue weighted by Crippen LogP contribution is -2.12. The van der Waals surface area contributed by atoms with Gasteiger partial charge in [0.15, 0.2) is 17.3 Å². The van der Waals surface area contributed by atoms with Crippen molar-refractivity contribution < 1.29 is 18.3 Å². The van der Waals surface area contributed by atoms with Crippen LogP contribution in [0.5, 0.6) is 11.5 Å². The van der Waals surface area contributed by atoms with E-state index in [0.717, 1.165) is 0 Å². The summed E-state index contributed by atoms with van der Waals surface area (Å²) in [6, 6.07) is 1.35. The van der Waals surface area contributed by atoms with Crippen LogP contribution in [0.2, 0.25) is 0 Å². The molecule has 0 bridgehead atoms. The highest BCUT2D eigenvalue weighted by Crippen LogP contribution is 2.32. The van der Waals surface area contributed by atoms with E-state index < -0.39 is 17.4 Å². The lowest BCUT2D eigenvalue weighted by Gasteiger charge is -2.12. The van der Waals surface area contributed by atoms with Crippen molar-refractivity contribution in [2.75, 3.05) is 27.8 Å². The van der Waals surface area contributed by atoms with Crippen LogP contribution in [0.15, 0.2) is 6.07 Å².